The number of carbonyl (C=O) groups excluding carboxylic acids is 2. The third-order valence-electron chi connectivity index (χ3n) is 3.51. The van der Waals surface area contributed by atoms with E-state index in [1.807, 2.05) is 39.0 Å². The van der Waals surface area contributed by atoms with Crippen molar-refractivity contribution in [1.82, 2.24) is 5.32 Å². The number of rotatable bonds is 6. The van der Waals surface area contributed by atoms with Crippen LogP contribution in [-0.4, -0.2) is 24.9 Å². The zero-order chi connectivity index (χ0) is 16.0. The molecule has 1 aromatic rings. The SMILES string of the molecule is CCc1cccc(C)c1N(CCNC(=O)C(C)C)C(C)=O. The maximum atomic E-state index is 12.0. The Kier molecular flexibility index (Phi) is 6.40. The van der Waals surface area contributed by atoms with E-state index in [1.165, 1.54) is 0 Å². The van der Waals surface area contributed by atoms with Crippen molar-refractivity contribution in [3.8, 4) is 0 Å². The van der Waals surface area contributed by atoms with Gasteiger partial charge >= 0.3 is 0 Å². The van der Waals surface area contributed by atoms with Gasteiger partial charge in [0, 0.05) is 31.6 Å². The van der Waals surface area contributed by atoms with Gasteiger partial charge in [-0.1, -0.05) is 39.0 Å². The van der Waals surface area contributed by atoms with Gasteiger partial charge in [-0.2, -0.15) is 0 Å². The first kappa shape index (κ1) is 17.2. The van der Waals surface area contributed by atoms with Gasteiger partial charge in [-0.15, -0.1) is 0 Å². The average molecular weight is 290 g/mol. The Labute approximate surface area is 127 Å². The predicted molar refractivity (Wildman–Crippen MR) is 86.4 cm³/mol. The standard InChI is InChI=1S/C17H26N2O2/c1-6-15-9-7-8-13(4)16(15)19(14(5)20)11-10-18-17(21)12(2)3/h7-9,12H,6,10-11H2,1-5H3,(H,18,21). The zero-order valence-electron chi connectivity index (χ0n) is 13.7. The summed E-state index contributed by atoms with van der Waals surface area (Å²) in [7, 11) is 0. The number of benzene rings is 1. The molecular formula is C17H26N2O2. The van der Waals surface area contributed by atoms with Gasteiger partial charge in [0.1, 0.15) is 0 Å². The molecule has 0 radical (unpaired) electrons. The maximum absolute atomic E-state index is 12.0. The van der Waals surface area contributed by atoms with Crippen LogP contribution in [0.2, 0.25) is 0 Å². The minimum atomic E-state index is -0.0413. The Hall–Kier alpha value is -1.84. The molecule has 0 atom stereocenters. The molecule has 0 aliphatic carbocycles. The molecule has 0 unspecified atom stereocenters. The van der Waals surface area contributed by atoms with E-state index in [4.69, 9.17) is 0 Å². The topological polar surface area (TPSA) is 49.4 Å². The van der Waals surface area contributed by atoms with E-state index >= 15 is 0 Å². The lowest BCUT2D eigenvalue weighted by molar-refractivity contribution is -0.124. The average Bonchev–Trinajstić information content (AvgIpc) is 2.43. The van der Waals surface area contributed by atoms with Gasteiger partial charge in [-0.05, 0) is 24.5 Å². The highest BCUT2D eigenvalue weighted by Crippen LogP contribution is 2.25. The molecule has 0 aliphatic heterocycles. The summed E-state index contributed by atoms with van der Waals surface area (Å²) in [6, 6.07) is 6.07. The molecule has 1 rings (SSSR count). The molecule has 116 valence electrons. The Bertz CT molecular complexity index is 510. The Morgan fingerprint density at radius 3 is 2.48 bits per heavy atom. The smallest absolute Gasteiger partial charge is 0.223 e. The fraction of sp³-hybridized carbons (Fsp3) is 0.529. The molecule has 0 fully saturated rings. The van der Waals surface area contributed by atoms with E-state index in [0.29, 0.717) is 13.1 Å². The molecule has 0 bridgehead atoms. The Morgan fingerprint density at radius 1 is 1.29 bits per heavy atom. The van der Waals surface area contributed by atoms with E-state index in [0.717, 1.165) is 23.2 Å². The summed E-state index contributed by atoms with van der Waals surface area (Å²) in [5, 5.41) is 2.86. The third kappa shape index (κ3) is 4.59. The summed E-state index contributed by atoms with van der Waals surface area (Å²) in [5.74, 6) is -0.0303. The van der Waals surface area contributed by atoms with Crippen LogP contribution in [0.5, 0.6) is 0 Å². The number of hydrogen-bond acceptors (Lipinski definition) is 2. The maximum Gasteiger partial charge on any atom is 0.223 e. The van der Waals surface area contributed by atoms with Gasteiger partial charge in [0.15, 0.2) is 0 Å². The first-order chi connectivity index (χ1) is 9.88. The van der Waals surface area contributed by atoms with E-state index in [1.54, 1.807) is 11.8 Å². The molecule has 2 amide bonds. The highest BCUT2D eigenvalue weighted by molar-refractivity contribution is 5.93. The van der Waals surface area contributed by atoms with E-state index in [9.17, 15) is 9.59 Å². The van der Waals surface area contributed by atoms with Crippen molar-refractivity contribution < 1.29 is 9.59 Å². The second kappa shape index (κ2) is 7.81. The summed E-state index contributed by atoms with van der Waals surface area (Å²) in [6.07, 6.45) is 0.874. The summed E-state index contributed by atoms with van der Waals surface area (Å²) in [6.45, 7) is 10.3. The summed E-state index contributed by atoms with van der Waals surface area (Å²) >= 11 is 0. The van der Waals surface area contributed by atoms with Crippen LogP contribution in [0.1, 0.15) is 38.8 Å². The number of nitrogens with zero attached hydrogens (tertiary/aromatic N) is 1. The minimum Gasteiger partial charge on any atom is -0.354 e. The fourth-order valence-electron chi connectivity index (χ4n) is 2.31. The molecule has 1 aromatic carbocycles. The van der Waals surface area contributed by atoms with Crippen LogP contribution in [0.4, 0.5) is 5.69 Å². The Balaban J connectivity index is 2.88. The second-order valence-corrected chi connectivity index (χ2v) is 5.55. The molecular weight excluding hydrogens is 264 g/mol. The highest BCUT2D eigenvalue weighted by atomic mass is 16.2. The summed E-state index contributed by atoms with van der Waals surface area (Å²) in [4.78, 5) is 25.4. The molecule has 0 aliphatic rings. The van der Waals surface area contributed by atoms with Crippen molar-refractivity contribution >= 4 is 17.5 Å². The number of carbonyl (C=O) groups is 2. The van der Waals surface area contributed by atoms with Crippen LogP contribution < -0.4 is 10.2 Å². The lowest BCUT2D eigenvalue weighted by Gasteiger charge is -2.26. The van der Waals surface area contributed by atoms with Crippen molar-refractivity contribution in [1.29, 1.82) is 0 Å². The molecule has 0 saturated heterocycles. The molecule has 4 nitrogen and oxygen atoms in total. The Morgan fingerprint density at radius 2 is 1.95 bits per heavy atom. The van der Waals surface area contributed by atoms with Crippen LogP contribution in [-0.2, 0) is 16.0 Å². The molecule has 0 heterocycles. The van der Waals surface area contributed by atoms with Crippen molar-refractivity contribution in [2.45, 2.75) is 41.0 Å². The quantitative estimate of drug-likeness (QED) is 0.875. The van der Waals surface area contributed by atoms with Crippen LogP contribution in [0.25, 0.3) is 0 Å². The van der Waals surface area contributed by atoms with Crippen LogP contribution in [0.3, 0.4) is 0 Å². The van der Waals surface area contributed by atoms with Gasteiger partial charge in [-0.3, -0.25) is 9.59 Å². The molecule has 1 N–H and O–H groups in total. The van der Waals surface area contributed by atoms with Crippen LogP contribution >= 0.6 is 0 Å². The highest BCUT2D eigenvalue weighted by Gasteiger charge is 2.17. The van der Waals surface area contributed by atoms with Gasteiger partial charge in [0.05, 0.1) is 0 Å². The molecule has 0 spiro atoms. The van der Waals surface area contributed by atoms with Gasteiger partial charge in [0.2, 0.25) is 11.8 Å². The molecule has 4 heteroatoms. The monoisotopic (exact) mass is 290 g/mol. The number of anilines is 1. The number of aryl methyl sites for hydroxylation is 2. The number of amides is 2. The molecule has 0 saturated carbocycles. The number of nitrogens with one attached hydrogen (secondary N) is 1. The van der Waals surface area contributed by atoms with E-state index in [-0.39, 0.29) is 17.7 Å². The van der Waals surface area contributed by atoms with Crippen molar-refractivity contribution in [3.63, 3.8) is 0 Å². The summed E-state index contributed by atoms with van der Waals surface area (Å²) in [5.41, 5.74) is 3.21. The van der Waals surface area contributed by atoms with Gasteiger partial charge in [0.25, 0.3) is 0 Å². The third-order valence-corrected chi connectivity index (χ3v) is 3.51. The fourth-order valence-corrected chi connectivity index (χ4v) is 2.31. The van der Waals surface area contributed by atoms with E-state index < -0.39 is 0 Å². The minimum absolute atomic E-state index is 0.00204. The number of para-hydroxylation sites is 1. The lowest BCUT2D eigenvalue weighted by Crippen LogP contribution is -2.39. The molecule has 0 aromatic heterocycles. The normalized spacial score (nSPS) is 10.6. The first-order valence-electron chi connectivity index (χ1n) is 7.52. The van der Waals surface area contributed by atoms with Crippen LogP contribution in [0, 0.1) is 12.8 Å². The zero-order valence-corrected chi connectivity index (χ0v) is 13.7. The van der Waals surface area contributed by atoms with E-state index in [2.05, 4.69) is 12.2 Å². The number of hydrogen-bond donors (Lipinski definition) is 1. The van der Waals surface area contributed by atoms with Gasteiger partial charge < -0.3 is 10.2 Å². The van der Waals surface area contributed by atoms with Crippen molar-refractivity contribution in [2.75, 3.05) is 18.0 Å². The van der Waals surface area contributed by atoms with Gasteiger partial charge in [-0.25, -0.2) is 0 Å². The van der Waals surface area contributed by atoms with Crippen molar-refractivity contribution in [3.05, 3.63) is 29.3 Å². The summed E-state index contributed by atoms with van der Waals surface area (Å²) < 4.78 is 0. The second-order valence-electron chi connectivity index (χ2n) is 5.55. The lowest BCUT2D eigenvalue weighted by atomic mass is 10.0. The predicted octanol–water partition coefficient (Wildman–Crippen LogP) is 2.68. The van der Waals surface area contributed by atoms with Crippen molar-refractivity contribution in [2.24, 2.45) is 5.92 Å². The molecule has 21 heavy (non-hydrogen) atoms. The largest absolute Gasteiger partial charge is 0.354 e. The van der Waals surface area contributed by atoms with Crippen LogP contribution in [0.15, 0.2) is 18.2 Å². The first-order valence-corrected chi connectivity index (χ1v) is 7.52.